The normalized spacial score (nSPS) is 9.94. The van der Waals surface area contributed by atoms with Crippen molar-refractivity contribution in [3.63, 3.8) is 0 Å². The van der Waals surface area contributed by atoms with E-state index < -0.39 is 5.97 Å². The van der Waals surface area contributed by atoms with Crippen LogP contribution in [0, 0.1) is 0 Å². The summed E-state index contributed by atoms with van der Waals surface area (Å²) in [5.74, 6) is -0.907. The van der Waals surface area contributed by atoms with E-state index >= 15 is 0 Å². The smallest absolute Gasteiger partial charge is 0.317 e. The van der Waals surface area contributed by atoms with Crippen molar-refractivity contribution in [1.82, 2.24) is 15.2 Å². The lowest BCUT2D eigenvalue weighted by Gasteiger charge is -2.20. The maximum absolute atomic E-state index is 11.7. The van der Waals surface area contributed by atoms with Crippen LogP contribution in [0.1, 0.15) is 19.0 Å². The molecular weight excluding hydrogens is 242 g/mol. The van der Waals surface area contributed by atoms with Gasteiger partial charge in [0.25, 0.3) is 0 Å². The molecule has 2 N–H and O–H groups in total. The summed E-state index contributed by atoms with van der Waals surface area (Å²) in [4.78, 5) is 27.6. The number of hydrogen-bond acceptors (Lipinski definition) is 4. The minimum Gasteiger partial charge on any atom is -0.481 e. The minimum atomic E-state index is -0.907. The molecule has 1 rings (SSSR count). The van der Waals surface area contributed by atoms with Crippen LogP contribution in [-0.4, -0.2) is 40.1 Å². The molecule has 17 heavy (non-hydrogen) atoms. The molecule has 0 atom stereocenters. The molecule has 0 unspecified atom stereocenters. The van der Waals surface area contributed by atoms with Gasteiger partial charge in [0.2, 0.25) is 0 Å². The highest BCUT2D eigenvalue weighted by Crippen LogP contribution is 2.00. The number of hydrogen-bond donors (Lipinski definition) is 2. The zero-order chi connectivity index (χ0) is 12.7. The van der Waals surface area contributed by atoms with Gasteiger partial charge in [0.05, 0.1) is 24.2 Å². The van der Waals surface area contributed by atoms with Crippen LogP contribution in [0.4, 0.5) is 4.79 Å². The maximum atomic E-state index is 11.7. The van der Waals surface area contributed by atoms with Crippen LogP contribution in [-0.2, 0) is 11.3 Å². The number of amides is 2. The van der Waals surface area contributed by atoms with Gasteiger partial charge in [-0.1, -0.05) is 0 Å². The molecule has 6 nitrogen and oxygen atoms in total. The summed E-state index contributed by atoms with van der Waals surface area (Å²) in [6, 6.07) is -0.262. The Bertz CT molecular complexity index is 367. The fourth-order valence-corrected chi connectivity index (χ4v) is 1.80. The fourth-order valence-electron chi connectivity index (χ4n) is 1.24. The Balaban J connectivity index is 2.35. The van der Waals surface area contributed by atoms with Crippen LogP contribution in [0.5, 0.6) is 0 Å². The van der Waals surface area contributed by atoms with Crippen molar-refractivity contribution < 1.29 is 14.7 Å². The molecule has 0 aromatic carbocycles. The number of carboxylic acid groups (broad SMARTS) is 1. The molecule has 0 bridgehead atoms. The summed E-state index contributed by atoms with van der Waals surface area (Å²) in [5.41, 5.74) is 2.50. The van der Waals surface area contributed by atoms with Gasteiger partial charge in [-0.3, -0.25) is 4.79 Å². The van der Waals surface area contributed by atoms with Gasteiger partial charge in [-0.05, 0) is 6.92 Å². The number of urea groups is 1. The molecule has 94 valence electrons. The van der Waals surface area contributed by atoms with Crippen molar-refractivity contribution >= 4 is 23.3 Å². The van der Waals surface area contributed by atoms with Crippen LogP contribution < -0.4 is 5.32 Å². The van der Waals surface area contributed by atoms with E-state index in [0.29, 0.717) is 13.1 Å². The largest absolute Gasteiger partial charge is 0.481 e. The fraction of sp³-hybridized carbons (Fsp3) is 0.500. The Morgan fingerprint density at radius 3 is 2.88 bits per heavy atom. The molecule has 1 aromatic heterocycles. The zero-order valence-electron chi connectivity index (χ0n) is 9.55. The Morgan fingerprint density at radius 1 is 1.59 bits per heavy atom. The zero-order valence-corrected chi connectivity index (χ0v) is 10.4. The summed E-state index contributed by atoms with van der Waals surface area (Å²) in [7, 11) is 0. The van der Waals surface area contributed by atoms with Crippen LogP contribution in [0.25, 0.3) is 0 Å². The SMILES string of the molecule is CCN(CCC(=O)O)C(=O)NCc1cscn1. The third kappa shape index (κ3) is 4.81. The molecule has 0 saturated carbocycles. The first kappa shape index (κ1) is 13.4. The van der Waals surface area contributed by atoms with E-state index in [1.807, 2.05) is 12.3 Å². The van der Waals surface area contributed by atoms with Crippen LogP contribution in [0.15, 0.2) is 10.9 Å². The summed E-state index contributed by atoms with van der Waals surface area (Å²) in [5, 5.41) is 13.1. The van der Waals surface area contributed by atoms with Gasteiger partial charge < -0.3 is 15.3 Å². The molecule has 1 heterocycles. The number of rotatable bonds is 6. The lowest BCUT2D eigenvalue weighted by Crippen LogP contribution is -2.40. The van der Waals surface area contributed by atoms with Crippen molar-refractivity contribution in [2.24, 2.45) is 0 Å². The number of carbonyl (C=O) groups is 2. The molecule has 2 amide bonds. The first-order valence-corrected chi connectivity index (χ1v) is 6.19. The van der Waals surface area contributed by atoms with Crippen molar-refractivity contribution in [2.45, 2.75) is 19.9 Å². The Labute approximate surface area is 103 Å². The van der Waals surface area contributed by atoms with E-state index in [1.165, 1.54) is 16.2 Å². The van der Waals surface area contributed by atoms with E-state index in [9.17, 15) is 9.59 Å². The summed E-state index contributed by atoms with van der Waals surface area (Å²) < 4.78 is 0. The molecule has 0 aliphatic heterocycles. The van der Waals surface area contributed by atoms with Crippen LogP contribution in [0.3, 0.4) is 0 Å². The highest BCUT2D eigenvalue weighted by atomic mass is 32.1. The highest BCUT2D eigenvalue weighted by Gasteiger charge is 2.12. The molecule has 0 aliphatic rings. The number of aliphatic carboxylic acids is 1. The van der Waals surface area contributed by atoms with Crippen molar-refractivity contribution in [3.05, 3.63) is 16.6 Å². The van der Waals surface area contributed by atoms with Gasteiger partial charge in [0, 0.05) is 18.5 Å². The molecular formula is C10H15N3O3S. The Kier molecular flexibility index (Phi) is 5.41. The van der Waals surface area contributed by atoms with E-state index in [2.05, 4.69) is 10.3 Å². The molecule has 0 aliphatic carbocycles. The van der Waals surface area contributed by atoms with Gasteiger partial charge in [0.15, 0.2) is 0 Å². The Hall–Kier alpha value is -1.63. The van der Waals surface area contributed by atoms with E-state index in [4.69, 9.17) is 5.11 Å². The van der Waals surface area contributed by atoms with Gasteiger partial charge in [0.1, 0.15) is 0 Å². The number of nitrogens with zero attached hydrogens (tertiary/aromatic N) is 2. The van der Waals surface area contributed by atoms with E-state index in [1.54, 1.807) is 5.51 Å². The van der Waals surface area contributed by atoms with Crippen LogP contribution in [0.2, 0.25) is 0 Å². The predicted molar refractivity (Wildman–Crippen MR) is 63.8 cm³/mol. The van der Waals surface area contributed by atoms with Crippen molar-refractivity contribution in [2.75, 3.05) is 13.1 Å². The quantitative estimate of drug-likeness (QED) is 0.800. The number of aromatic nitrogens is 1. The van der Waals surface area contributed by atoms with E-state index in [-0.39, 0.29) is 19.0 Å². The standard InChI is InChI=1S/C10H15N3O3S/c1-2-13(4-3-9(14)15)10(16)11-5-8-6-17-7-12-8/h6-7H,2-5H2,1H3,(H,11,16)(H,14,15). The monoisotopic (exact) mass is 257 g/mol. The first-order valence-electron chi connectivity index (χ1n) is 5.25. The lowest BCUT2D eigenvalue weighted by molar-refractivity contribution is -0.137. The molecule has 1 aromatic rings. The van der Waals surface area contributed by atoms with Gasteiger partial charge >= 0.3 is 12.0 Å². The predicted octanol–water partition coefficient (Wildman–Crippen LogP) is 1.15. The van der Waals surface area contributed by atoms with Crippen LogP contribution >= 0.6 is 11.3 Å². The lowest BCUT2D eigenvalue weighted by atomic mass is 10.4. The number of carboxylic acids is 1. The van der Waals surface area contributed by atoms with Crippen molar-refractivity contribution in [1.29, 1.82) is 0 Å². The molecule has 0 fully saturated rings. The third-order valence-corrected chi connectivity index (χ3v) is 2.80. The van der Waals surface area contributed by atoms with Gasteiger partial charge in [-0.25, -0.2) is 9.78 Å². The highest BCUT2D eigenvalue weighted by molar-refractivity contribution is 7.07. The number of carbonyl (C=O) groups excluding carboxylic acids is 1. The second kappa shape index (κ2) is 6.85. The van der Waals surface area contributed by atoms with Crippen molar-refractivity contribution in [3.8, 4) is 0 Å². The molecule has 0 spiro atoms. The molecule has 0 saturated heterocycles. The van der Waals surface area contributed by atoms with E-state index in [0.717, 1.165) is 5.69 Å². The first-order chi connectivity index (χ1) is 8.13. The molecule has 0 radical (unpaired) electrons. The summed E-state index contributed by atoms with van der Waals surface area (Å²) in [6.45, 7) is 2.88. The molecule has 7 heteroatoms. The Morgan fingerprint density at radius 2 is 2.35 bits per heavy atom. The topological polar surface area (TPSA) is 82.5 Å². The minimum absolute atomic E-state index is 0.0437. The van der Waals surface area contributed by atoms with Gasteiger partial charge in [-0.2, -0.15) is 0 Å². The van der Waals surface area contributed by atoms with Gasteiger partial charge in [-0.15, -0.1) is 11.3 Å². The number of nitrogens with one attached hydrogen (secondary N) is 1. The maximum Gasteiger partial charge on any atom is 0.317 e. The second-order valence-electron chi connectivity index (χ2n) is 3.36. The second-order valence-corrected chi connectivity index (χ2v) is 4.08. The number of thiazole rings is 1. The third-order valence-electron chi connectivity index (χ3n) is 2.17. The summed E-state index contributed by atoms with van der Waals surface area (Å²) in [6.07, 6.45) is -0.0437. The average Bonchev–Trinajstić information content (AvgIpc) is 2.79. The average molecular weight is 257 g/mol. The summed E-state index contributed by atoms with van der Waals surface area (Å²) >= 11 is 1.47.